The van der Waals surface area contributed by atoms with E-state index in [1.807, 2.05) is 12.1 Å². The van der Waals surface area contributed by atoms with Crippen LogP contribution in [0.3, 0.4) is 0 Å². The van der Waals surface area contributed by atoms with Crippen LogP contribution in [0.2, 0.25) is 5.02 Å². The predicted octanol–water partition coefficient (Wildman–Crippen LogP) is 3.38. The van der Waals surface area contributed by atoms with Gasteiger partial charge in [0.1, 0.15) is 5.75 Å². The SMILES string of the molecule is CCC(CC)(CN)OCc1cc(Cl)ccc1OC. The fourth-order valence-electron chi connectivity index (χ4n) is 1.89. The van der Waals surface area contributed by atoms with Crippen LogP contribution in [0.4, 0.5) is 0 Å². The first-order chi connectivity index (χ1) is 8.60. The van der Waals surface area contributed by atoms with Crippen LogP contribution in [0.25, 0.3) is 0 Å². The maximum Gasteiger partial charge on any atom is 0.124 e. The Morgan fingerprint density at radius 2 is 1.94 bits per heavy atom. The normalized spacial score (nSPS) is 11.6. The summed E-state index contributed by atoms with van der Waals surface area (Å²) in [4.78, 5) is 0. The maximum absolute atomic E-state index is 6.00. The highest BCUT2D eigenvalue weighted by Gasteiger charge is 2.25. The van der Waals surface area contributed by atoms with Gasteiger partial charge in [0.15, 0.2) is 0 Å². The molecule has 18 heavy (non-hydrogen) atoms. The first kappa shape index (κ1) is 15.3. The number of hydrogen-bond donors (Lipinski definition) is 1. The molecule has 3 nitrogen and oxygen atoms in total. The Morgan fingerprint density at radius 3 is 2.44 bits per heavy atom. The molecule has 0 saturated heterocycles. The minimum Gasteiger partial charge on any atom is -0.496 e. The molecule has 4 heteroatoms. The summed E-state index contributed by atoms with van der Waals surface area (Å²) < 4.78 is 11.3. The molecular formula is C14H22ClNO2. The number of benzene rings is 1. The highest BCUT2D eigenvalue weighted by atomic mass is 35.5. The molecule has 0 fully saturated rings. The lowest BCUT2D eigenvalue weighted by Gasteiger charge is -2.30. The summed E-state index contributed by atoms with van der Waals surface area (Å²) >= 11 is 5.99. The zero-order chi connectivity index (χ0) is 13.6. The summed E-state index contributed by atoms with van der Waals surface area (Å²) in [7, 11) is 1.64. The minimum atomic E-state index is -0.257. The molecule has 0 amide bonds. The van der Waals surface area contributed by atoms with E-state index < -0.39 is 0 Å². The monoisotopic (exact) mass is 271 g/mol. The highest BCUT2D eigenvalue weighted by Crippen LogP contribution is 2.27. The van der Waals surface area contributed by atoms with Crippen molar-refractivity contribution in [3.8, 4) is 5.75 Å². The molecule has 0 heterocycles. The van der Waals surface area contributed by atoms with Gasteiger partial charge in [0.2, 0.25) is 0 Å². The van der Waals surface area contributed by atoms with Gasteiger partial charge in [-0.25, -0.2) is 0 Å². The Morgan fingerprint density at radius 1 is 1.28 bits per heavy atom. The van der Waals surface area contributed by atoms with E-state index in [1.54, 1.807) is 13.2 Å². The molecule has 0 radical (unpaired) electrons. The number of halogens is 1. The molecule has 0 aliphatic heterocycles. The molecule has 1 aromatic carbocycles. The largest absolute Gasteiger partial charge is 0.496 e. The average molecular weight is 272 g/mol. The van der Waals surface area contributed by atoms with Crippen LogP contribution in [-0.2, 0) is 11.3 Å². The molecule has 0 aliphatic rings. The second-order valence-corrected chi connectivity index (χ2v) is 4.78. The highest BCUT2D eigenvalue weighted by molar-refractivity contribution is 6.30. The van der Waals surface area contributed by atoms with E-state index in [4.69, 9.17) is 26.8 Å². The third kappa shape index (κ3) is 3.61. The van der Waals surface area contributed by atoms with Crippen molar-refractivity contribution in [2.24, 2.45) is 5.73 Å². The van der Waals surface area contributed by atoms with E-state index in [9.17, 15) is 0 Å². The first-order valence-corrected chi connectivity index (χ1v) is 6.65. The lowest BCUT2D eigenvalue weighted by molar-refractivity contribution is -0.0558. The molecule has 1 rings (SSSR count). The van der Waals surface area contributed by atoms with E-state index in [0.29, 0.717) is 18.2 Å². The average Bonchev–Trinajstić information content (AvgIpc) is 2.41. The Labute approximate surface area is 114 Å². The van der Waals surface area contributed by atoms with Crippen LogP contribution < -0.4 is 10.5 Å². The van der Waals surface area contributed by atoms with E-state index in [-0.39, 0.29) is 5.60 Å². The Kier molecular flexibility index (Phi) is 5.93. The van der Waals surface area contributed by atoms with Crippen molar-refractivity contribution in [3.05, 3.63) is 28.8 Å². The summed E-state index contributed by atoms with van der Waals surface area (Å²) in [5.74, 6) is 0.789. The van der Waals surface area contributed by atoms with Crippen LogP contribution in [0.1, 0.15) is 32.3 Å². The Bertz CT molecular complexity index is 370. The van der Waals surface area contributed by atoms with Crippen molar-refractivity contribution in [2.45, 2.75) is 38.9 Å². The van der Waals surface area contributed by atoms with Gasteiger partial charge in [-0.15, -0.1) is 0 Å². The van der Waals surface area contributed by atoms with Gasteiger partial charge in [-0.1, -0.05) is 25.4 Å². The molecule has 102 valence electrons. The van der Waals surface area contributed by atoms with Gasteiger partial charge >= 0.3 is 0 Å². The zero-order valence-corrected chi connectivity index (χ0v) is 12.1. The van der Waals surface area contributed by atoms with Crippen molar-refractivity contribution >= 4 is 11.6 Å². The van der Waals surface area contributed by atoms with Crippen molar-refractivity contribution in [2.75, 3.05) is 13.7 Å². The third-order valence-corrected chi connectivity index (χ3v) is 3.67. The molecule has 2 N–H and O–H groups in total. The molecule has 0 saturated carbocycles. The molecular weight excluding hydrogens is 250 g/mol. The van der Waals surface area contributed by atoms with Gasteiger partial charge in [-0.2, -0.15) is 0 Å². The van der Waals surface area contributed by atoms with Crippen LogP contribution >= 0.6 is 11.6 Å². The fraction of sp³-hybridized carbons (Fsp3) is 0.571. The van der Waals surface area contributed by atoms with Gasteiger partial charge in [-0.3, -0.25) is 0 Å². The lowest BCUT2D eigenvalue weighted by Crippen LogP contribution is -2.39. The van der Waals surface area contributed by atoms with E-state index in [2.05, 4.69) is 13.8 Å². The van der Waals surface area contributed by atoms with E-state index in [0.717, 1.165) is 24.2 Å². The molecule has 0 atom stereocenters. The molecule has 0 spiro atoms. The van der Waals surface area contributed by atoms with Gasteiger partial charge in [-0.05, 0) is 31.0 Å². The molecule has 0 unspecified atom stereocenters. The number of methoxy groups -OCH3 is 1. The number of hydrogen-bond acceptors (Lipinski definition) is 3. The second-order valence-electron chi connectivity index (χ2n) is 4.34. The number of ether oxygens (including phenoxy) is 2. The van der Waals surface area contributed by atoms with Crippen LogP contribution in [0.5, 0.6) is 5.75 Å². The number of rotatable bonds is 7. The number of nitrogens with two attached hydrogens (primary N) is 1. The van der Waals surface area contributed by atoms with E-state index >= 15 is 0 Å². The lowest BCUT2D eigenvalue weighted by atomic mass is 9.97. The fourth-order valence-corrected chi connectivity index (χ4v) is 2.09. The molecule has 0 aromatic heterocycles. The summed E-state index contributed by atoms with van der Waals surface area (Å²) in [6, 6.07) is 5.52. The van der Waals surface area contributed by atoms with E-state index in [1.165, 1.54) is 0 Å². The van der Waals surface area contributed by atoms with Gasteiger partial charge < -0.3 is 15.2 Å². The quantitative estimate of drug-likeness (QED) is 0.827. The molecule has 0 aliphatic carbocycles. The molecule has 0 bridgehead atoms. The first-order valence-electron chi connectivity index (χ1n) is 6.27. The van der Waals surface area contributed by atoms with Crippen LogP contribution in [-0.4, -0.2) is 19.3 Å². The van der Waals surface area contributed by atoms with Crippen molar-refractivity contribution in [3.63, 3.8) is 0 Å². The van der Waals surface area contributed by atoms with Gasteiger partial charge in [0.05, 0.1) is 19.3 Å². The smallest absolute Gasteiger partial charge is 0.124 e. The second kappa shape index (κ2) is 6.98. The summed E-state index contributed by atoms with van der Waals surface area (Å²) in [5, 5.41) is 0.681. The Hall–Kier alpha value is -0.770. The topological polar surface area (TPSA) is 44.5 Å². The minimum absolute atomic E-state index is 0.257. The van der Waals surface area contributed by atoms with Gasteiger partial charge in [0, 0.05) is 17.1 Å². The predicted molar refractivity (Wildman–Crippen MR) is 75.2 cm³/mol. The summed E-state index contributed by atoms with van der Waals surface area (Å²) in [6.45, 7) is 5.16. The zero-order valence-electron chi connectivity index (χ0n) is 11.3. The summed E-state index contributed by atoms with van der Waals surface area (Å²) in [5.41, 5.74) is 6.50. The molecule has 1 aromatic rings. The maximum atomic E-state index is 6.00. The van der Waals surface area contributed by atoms with Crippen molar-refractivity contribution in [1.29, 1.82) is 0 Å². The standard InChI is InChI=1S/C14H22ClNO2/c1-4-14(5-2,10-16)18-9-11-8-12(15)6-7-13(11)17-3/h6-8H,4-5,9-10,16H2,1-3H3. The summed E-state index contributed by atoms with van der Waals surface area (Å²) in [6.07, 6.45) is 1.78. The van der Waals surface area contributed by atoms with Crippen LogP contribution in [0, 0.1) is 0 Å². The van der Waals surface area contributed by atoms with Crippen molar-refractivity contribution < 1.29 is 9.47 Å². The Balaban J connectivity index is 2.81. The third-order valence-electron chi connectivity index (χ3n) is 3.44. The van der Waals surface area contributed by atoms with Crippen LogP contribution in [0.15, 0.2) is 18.2 Å². The van der Waals surface area contributed by atoms with Crippen molar-refractivity contribution in [1.82, 2.24) is 0 Å². The van der Waals surface area contributed by atoms with Gasteiger partial charge in [0.25, 0.3) is 0 Å².